The van der Waals surface area contributed by atoms with Gasteiger partial charge in [0.15, 0.2) is 0 Å². The van der Waals surface area contributed by atoms with Gasteiger partial charge in [0.2, 0.25) is 0 Å². The third-order valence-electron chi connectivity index (χ3n) is 3.53. The summed E-state index contributed by atoms with van der Waals surface area (Å²) in [6, 6.07) is 6.47. The summed E-state index contributed by atoms with van der Waals surface area (Å²) in [7, 11) is 0. The van der Waals surface area contributed by atoms with Gasteiger partial charge in [-0.1, -0.05) is 6.08 Å². The van der Waals surface area contributed by atoms with Crippen LogP contribution in [-0.2, 0) is 6.54 Å². The molecule has 1 amide bonds. The van der Waals surface area contributed by atoms with E-state index < -0.39 is 0 Å². The van der Waals surface area contributed by atoms with Crippen LogP contribution in [-0.4, -0.2) is 21.9 Å². The highest BCUT2D eigenvalue weighted by atomic mass is 32.1. The Bertz CT molecular complexity index is 596. The van der Waals surface area contributed by atoms with Crippen molar-refractivity contribution in [2.45, 2.75) is 25.4 Å². The third-order valence-corrected chi connectivity index (χ3v) is 4.26. The lowest BCUT2D eigenvalue weighted by Gasteiger charge is -2.21. The zero-order valence-electron chi connectivity index (χ0n) is 11.4. The van der Waals surface area contributed by atoms with Crippen LogP contribution in [0, 0.1) is 0 Å². The number of carbonyl (C=O) groups excluding carboxylic acids is 1. The first-order valence-electron chi connectivity index (χ1n) is 6.87. The van der Waals surface area contributed by atoms with Crippen LogP contribution < -0.4 is 0 Å². The first kappa shape index (κ1) is 13.2. The molecule has 3 nitrogen and oxygen atoms in total. The van der Waals surface area contributed by atoms with Crippen molar-refractivity contribution < 1.29 is 4.79 Å². The normalized spacial score (nSPS) is 14.2. The second kappa shape index (κ2) is 5.67. The van der Waals surface area contributed by atoms with E-state index in [-0.39, 0.29) is 5.91 Å². The van der Waals surface area contributed by atoms with E-state index in [0.29, 0.717) is 19.1 Å². The molecule has 104 valence electrons. The Hall–Kier alpha value is -1.81. The quantitative estimate of drug-likeness (QED) is 0.743. The Morgan fingerprint density at radius 2 is 2.35 bits per heavy atom. The Kier molecular flexibility index (Phi) is 3.74. The summed E-state index contributed by atoms with van der Waals surface area (Å²) in [4.78, 5) is 14.6. The van der Waals surface area contributed by atoms with Crippen LogP contribution >= 0.6 is 11.3 Å². The Labute approximate surface area is 123 Å². The molecule has 2 heterocycles. The molecule has 0 atom stereocenters. The molecule has 0 spiro atoms. The van der Waals surface area contributed by atoms with E-state index >= 15 is 0 Å². The third kappa shape index (κ3) is 2.70. The van der Waals surface area contributed by atoms with Crippen LogP contribution in [0.5, 0.6) is 0 Å². The van der Waals surface area contributed by atoms with Crippen LogP contribution in [0.1, 0.15) is 34.9 Å². The lowest BCUT2D eigenvalue weighted by molar-refractivity contribution is 0.0752. The summed E-state index contributed by atoms with van der Waals surface area (Å²) in [5.41, 5.74) is 1.97. The lowest BCUT2D eigenvalue weighted by atomic mass is 10.2. The molecule has 2 aromatic heterocycles. The molecule has 2 aromatic rings. The highest BCUT2D eigenvalue weighted by Gasteiger charge is 2.28. The fraction of sp³-hybridized carbons (Fsp3) is 0.312. The van der Waals surface area contributed by atoms with Crippen LogP contribution in [0.3, 0.4) is 0 Å². The minimum absolute atomic E-state index is 0.0907. The maximum atomic E-state index is 12.7. The number of aromatic nitrogens is 1. The molecule has 0 radical (unpaired) electrons. The van der Waals surface area contributed by atoms with Gasteiger partial charge in [-0.05, 0) is 47.4 Å². The van der Waals surface area contributed by atoms with E-state index in [4.69, 9.17) is 0 Å². The SMILES string of the molecule is C=CCN(Cc1ccsc1)C(=O)c1cccn1C1CC1. The maximum Gasteiger partial charge on any atom is 0.271 e. The van der Waals surface area contributed by atoms with Gasteiger partial charge in [-0.2, -0.15) is 11.3 Å². The average Bonchev–Trinajstić information content (AvgIpc) is 2.97. The van der Waals surface area contributed by atoms with E-state index in [0.717, 1.165) is 5.69 Å². The maximum absolute atomic E-state index is 12.7. The Balaban J connectivity index is 1.80. The Morgan fingerprint density at radius 3 is 3.00 bits per heavy atom. The number of carbonyl (C=O) groups is 1. The molecule has 0 aliphatic heterocycles. The van der Waals surface area contributed by atoms with Crippen molar-refractivity contribution in [1.29, 1.82) is 0 Å². The van der Waals surface area contributed by atoms with Gasteiger partial charge >= 0.3 is 0 Å². The first-order chi connectivity index (χ1) is 9.79. The zero-order valence-corrected chi connectivity index (χ0v) is 12.2. The summed E-state index contributed by atoms with van der Waals surface area (Å²) in [5, 5.41) is 4.13. The second-order valence-corrected chi connectivity index (χ2v) is 5.92. The summed E-state index contributed by atoms with van der Waals surface area (Å²) in [6.45, 7) is 4.98. The molecular formula is C16H18N2OS. The van der Waals surface area contributed by atoms with Crippen molar-refractivity contribution in [3.8, 4) is 0 Å². The molecule has 3 rings (SSSR count). The van der Waals surface area contributed by atoms with Crippen LogP contribution in [0.15, 0.2) is 47.8 Å². The highest BCUT2D eigenvalue weighted by molar-refractivity contribution is 7.07. The minimum Gasteiger partial charge on any atom is -0.340 e. The van der Waals surface area contributed by atoms with E-state index in [1.54, 1.807) is 17.4 Å². The number of nitrogens with zero attached hydrogens (tertiary/aromatic N) is 2. The molecule has 1 aliphatic carbocycles. The van der Waals surface area contributed by atoms with Crippen LogP contribution in [0.4, 0.5) is 0 Å². The van der Waals surface area contributed by atoms with E-state index in [1.165, 1.54) is 18.4 Å². The largest absolute Gasteiger partial charge is 0.340 e. The number of amides is 1. The summed E-state index contributed by atoms with van der Waals surface area (Å²) < 4.78 is 2.12. The predicted molar refractivity (Wildman–Crippen MR) is 82.0 cm³/mol. The Morgan fingerprint density at radius 1 is 1.50 bits per heavy atom. The van der Waals surface area contributed by atoms with Crippen molar-refractivity contribution in [2.75, 3.05) is 6.54 Å². The summed E-state index contributed by atoms with van der Waals surface area (Å²) >= 11 is 1.66. The molecule has 1 fully saturated rings. The number of hydrogen-bond donors (Lipinski definition) is 0. The molecule has 20 heavy (non-hydrogen) atoms. The molecule has 0 bridgehead atoms. The van der Waals surface area contributed by atoms with E-state index in [2.05, 4.69) is 22.6 Å². The zero-order chi connectivity index (χ0) is 13.9. The standard InChI is InChI=1S/C16H18N2OS/c1-2-8-17(11-13-7-10-20-12-13)16(19)15-4-3-9-18(15)14-5-6-14/h2-4,7,9-10,12,14H,1,5-6,8,11H2. The summed E-state index contributed by atoms with van der Waals surface area (Å²) in [6.07, 6.45) is 6.16. The van der Waals surface area contributed by atoms with Crippen LogP contribution in [0.25, 0.3) is 0 Å². The topological polar surface area (TPSA) is 25.2 Å². The van der Waals surface area contributed by atoms with Gasteiger partial charge in [-0.25, -0.2) is 0 Å². The molecule has 1 saturated carbocycles. The number of rotatable bonds is 6. The predicted octanol–water partition coefficient (Wildman–Crippen LogP) is 3.71. The van der Waals surface area contributed by atoms with Crippen LogP contribution in [0.2, 0.25) is 0 Å². The van der Waals surface area contributed by atoms with Crippen molar-refractivity contribution >= 4 is 17.2 Å². The van der Waals surface area contributed by atoms with Gasteiger partial charge in [0.1, 0.15) is 5.69 Å². The fourth-order valence-corrected chi connectivity index (χ4v) is 3.05. The molecular weight excluding hydrogens is 268 g/mol. The van der Waals surface area contributed by atoms with E-state index in [1.807, 2.05) is 28.6 Å². The average molecular weight is 286 g/mol. The van der Waals surface area contributed by atoms with Crippen molar-refractivity contribution in [3.63, 3.8) is 0 Å². The molecule has 0 unspecified atom stereocenters. The summed E-state index contributed by atoms with van der Waals surface area (Å²) in [5.74, 6) is 0.0907. The minimum atomic E-state index is 0.0907. The lowest BCUT2D eigenvalue weighted by Crippen LogP contribution is -2.32. The number of thiophene rings is 1. The van der Waals surface area contributed by atoms with Gasteiger partial charge in [0.25, 0.3) is 5.91 Å². The number of hydrogen-bond acceptors (Lipinski definition) is 2. The van der Waals surface area contributed by atoms with E-state index in [9.17, 15) is 4.79 Å². The smallest absolute Gasteiger partial charge is 0.271 e. The molecule has 0 aromatic carbocycles. The fourth-order valence-electron chi connectivity index (χ4n) is 2.39. The molecule has 0 saturated heterocycles. The molecule has 0 N–H and O–H groups in total. The van der Waals surface area contributed by atoms with Gasteiger partial charge in [-0.15, -0.1) is 6.58 Å². The van der Waals surface area contributed by atoms with Crippen molar-refractivity contribution in [2.24, 2.45) is 0 Å². The second-order valence-electron chi connectivity index (χ2n) is 5.14. The van der Waals surface area contributed by atoms with Gasteiger partial charge in [-0.3, -0.25) is 4.79 Å². The van der Waals surface area contributed by atoms with Crippen molar-refractivity contribution in [3.05, 3.63) is 59.1 Å². The van der Waals surface area contributed by atoms with Crippen molar-refractivity contribution in [1.82, 2.24) is 9.47 Å². The monoisotopic (exact) mass is 286 g/mol. The van der Waals surface area contributed by atoms with Gasteiger partial charge in [0, 0.05) is 25.3 Å². The molecule has 1 aliphatic rings. The van der Waals surface area contributed by atoms with Gasteiger partial charge in [0.05, 0.1) is 0 Å². The molecule has 4 heteroatoms. The highest BCUT2D eigenvalue weighted by Crippen LogP contribution is 2.36. The van der Waals surface area contributed by atoms with Gasteiger partial charge < -0.3 is 9.47 Å². The first-order valence-corrected chi connectivity index (χ1v) is 7.82.